The van der Waals surface area contributed by atoms with Crippen molar-refractivity contribution < 1.29 is 13.2 Å². The first kappa shape index (κ1) is 22.0. The van der Waals surface area contributed by atoms with Crippen molar-refractivity contribution in [3.8, 4) is 5.75 Å². The third-order valence-electron chi connectivity index (χ3n) is 5.13. The molecule has 0 saturated heterocycles. The molecule has 0 radical (unpaired) electrons. The standard InChI is InChI=1S/C23H24N4O3S2/c1-3-30-19-12-23(31-14-19)27(32(28)29)22-13-21(25-15-26-22)24-11-10-17-8-9-18-6-4-5-7-20(18)16(17)2/h4-9,12-15,32H,3,10-11H2,1-2H3,(H,24,25,26). The van der Waals surface area contributed by atoms with Crippen LogP contribution < -0.4 is 14.4 Å². The zero-order valence-corrected chi connectivity index (χ0v) is 19.5. The van der Waals surface area contributed by atoms with Gasteiger partial charge < -0.3 is 10.1 Å². The van der Waals surface area contributed by atoms with Gasteiger partial charge in [-0.2, -0.15) is 0 Å². The van der Waals surface area contributed by atoms with Crippen molar-refractivity contribution in [3.63, 3.8) is 0 Å². The molecule has 32 heavy (non-hydrogen) atoms. The van der Waals surface area contributed by atoms with Gasteiger partial charge in [0.1, 0.15) is 22.9 Å². The fraction of sp³-hybridized carbons (Fsp3) is 0.217. The molecule has 7 nitrogen and oxygen atoms in total. The molecule has 0 atom stereocenters. The fourth-order valence-corrected chi connectivity index (χ4v) is 5.15. The lowest BCUT2D eigenvalue weighted by molar-refractivity contribution is 0.342. The average molecular weight is 469 g/mol. The van der Waals surface area contributed by atoms with Gasteiger partial charge in [-0.1, -0.05) is 36.4 Å². The van der Waals surface area contributed by atoms with Crippen LogP contribution in [0, 0.1) is 6.92 Å². The Morgan fingerprint density at radius 1 is 1.12 bits per heavy atom. The molecular formula is C23H24N4O3S2. The molecule has 0 fully saturated rings. The first-order valence-corrected chi connectivity index (χ1v) is 12.3. The second-order valence-electron chi connectivity index (χ2n) is 7.11. The molecule has 0 saturated carbocycles. The molecule has 2 heterocycles. The summed E-state index contributed by atoms with van der Waals surface area (Å²) in [5, 5.41) is 8.06. The number of nitrogens with zero attached hydrogens (tertiary/aromatic N) is 3. The zero-order valence-electron chi connectivity index (χ0n) is 17.8. The van der Waals surface area contributed by atoms with Gasteiger partial charge in [0.15, 0.2) is 5.82 Å². The van der Waals surface area contributed by atoms with E-state index in [9.17, 15) is 8.42 Å². The van der Waals surface area contributed by atoms with Gasteiger partial charge in [0, 0.05) is 24.1 Å². The van der Waals surface area contributed by atoms with Gasteiger partial charge in [0.05, 0.1) is 6.61 Å². The number of thiophene rings is 1. The number of aromatic nitrogens is 2. The molecular weight excluding hydrogens is 444 g/mol. The van der Waals surface area contributed by atoms with Crippen molar-refractivity contribution in [1.29, 1.82) is 0 Å². The highest BCUT2D eigenvalue weighted by molar-refractivity contribution is 7.74. The van der Waals surface area contributed by atoms with Crippen LogP contribution in [0.2, 0.25) is 0 Å². The molecule has 2 aromatic heterocycles. The summed E-state index contributed by atoms with van der Waals surface area (Å²) < 4.78 is 30.6. The SMILES string of the molecule is CCOc1csc(N(c2cc(NCCc3ccc4ccccc4c3C)ncn2)[SH](=O)=O)c1. The van der Waals surface area contributed by atoms with E-state index >= 15 is 0 Å². The van der Waals surface area contributed by atoms with E-state index in [2.05, 4.69) is 52.5 Å². The number of rotatable bonds is 9. The van der Waals surface area contributed by atoms with Crippen LogP contribution in [0.5, 0.6) is 5.75 Å². The van der Waals surface area contributed by atoms with E-state index in [4.69, 9.17) is 4.74 Å². The second kappa shape index (κ2) is 9.97. The predicted molar refractivity (Wildman–Crippen MR) is 131 cm³/mol. The Labute approximate surface area is 192 Å². The van der Waals surface area contributed by atoms with Crippen LogP contribution in [0.25, 0.3) is 10.8 Å². The molecule has 2 aromatic carbocycles. The van der Waals surface area contributed by atoms with Crippen LogP contribution in [0.1, 0.15) is 18.1 Å². The van der Waals surface area contributed by atoms with Crippen molar-refractivity contribution in [1.82, 2.24) is 9.97 Å². The Bertz CT molecular complexity index is 1300. The molecule has 0 unspecified atom stereocenters. The topological polar surface area (TPSA) is 84.4 Å². The lowest BCUT2D eigenvalue weighted by Crippen LogP contribution is -2.15. The summed E-state index contributed by atoms with van der Waals surface area (Å²) in [4.78, 5) is 8.41. The highest BCUT2D eigenvalue weighted by atomic mass is 32.2. The number of thiol groups is 1. The van der Waals surface area contributed by atoms with Crippen molar-refractivity contribution in [3.05, 3.63) is 71.4 Å². The van der Waals surface area contributed by atoms with E-state index in [-0.39, 0.29) is 5.82 Å². The number of hydrogen-bond donors (Lipinski definition) is 2. The van der Waals surface area contributed by atoms with Crippen LogP contribution in [0.4, 0.5) is 16.6 Å². The molecule has 0 spiro atoms. The minimum Gasteiger partial charge on any atom is -0.493 e. The van der Waals surface area contributed by atoms with E-state index in [1.807, 2.05) is 13.0 Å². The number of hydrogen-bond acceptors (Lipinski definition) is 7. The summed E-state index contributed by atoms with van der Waals surface area (Å²) in [6, 6.07) is 16.0. The molecule has 9 heteroatoms. The Kier molecular flexibility index (Phi) is 6.87. The molecule has 4 rings (SSSR count). The molecule has 0 aliphatic rings. The van der Waals surface area contributed by atoms with E-state index < -0.39 is 10.9 Å². The summed E-state index contributed by atoms with van der Waals surface area (Å²) >= 11 is 1.28. The average Bonchev–Trinajstić information content (AvgIpc) is 3.24. The highest BCUT2D eigenvalue weighted by Gasteiger charge is 2.17. The van der Waals surface area contributed by atoms with E-state index in [1.165, 1.54) is 43.9 Å². The summed E-state index contributed by atoms with van der Waals surface area (Å²) in [5.41, 5.74) is 2.53. The minimum absolute atomic E-state index is 0.283. The van der Waals surface area contributed by atoms with Crippen molar-refractivity contribution >= 4 is 49.6 Å². The number of aryl methyl sites for hydroxylation is 1. The number of benzene rings is 2. The van der Waals surface area contributed by atoms with E-state index in [1.54, 1.807) is 17.5 Å². The second-order valence-corrected chi connectivity index (χ2v) is 8.88. The van der Waals surface area contributed by atoms with Gasteiger partial charge in [-0.25, -0.2) is 22.7 Å². The molecule has 0 bridgehead atoms. The minimum atomic E-state index is -2.93. The van der Waals surface area contributed by atoms with Crippen molar-refractivity contribution in [2.24, 2.45) is 0 Å². The van der Waals surface area contributed by atoms with Crippen LogP contribution in [0.15, 0.2) is 60.2 Å². The Morgan fingerprint density at radius 2 is 1.97 bits per heavy atom. The van der Waals surface area contributed by atoms with Crippen LogP contribution in [-0.4, -0.2) is 31.5 Å². The number of anilines is 3. The first-order chi connectivity index (χ1) is 15.6. The van der Waals surface area contributed by atoms with E-state index in [0.29, 0.717) is 29.7 Å². The maximum absolute atomic E-state index is 12.0. The Balaban J connectivity index is 1.48. The highest BCUT2D eigenvalue weighted by Crippen LogP contribution is 2.34. The third kappa shape index (κ3) is 4.84. The van der Waals surface area contributed by atoms with Gasteiger partial charge in [0.25, 0.3) is 0 Å². The van der Waals surface area contributed by atoms with Crippen molar-refractivity contribution in [2.45, 2.75) is 20.3 Å². The summed E-state index contributed by atoms with van der Waals surface area (Å²) in [6.07, 6.45) is 2.18. The predicted octanol–water partition coefficient (Wildman–Crippen LogP) is 4.72. The normalized spacial score (nSPS) is 11.1. The van der Waals surface area contributed by atoms with Gasteiger partial charge in [-0.3, -0.25) is 0 Å². The lowest BCUT2D eigenvalue weighted by Gasteiger charge is -2.15. The van der Waals surface area contributed by atoms with Crippen LogP contribution in [-0.2, 0) is 17.3 Å². The summed E-state index contributed by atoms with van der Waals surface area (Å²) in [5.74, 6) is 1.48. The fourth-order valence-electron chi connectivity index (χ4n) is 3.57. The molecule has 0 aliphatic carbocycles. The molecule has 166 valence electrons. The Hall–Kier alpha value is -3.17. The summed E-state index contributed by atoms with van der Waals surface area (Å²) in [7, 11) is -2.93. The maximum atomic E-state index is 12.0. The monoisotopic (exact) mass is 468 g/mol. The van der Waals surface area contributed by atoms with Gasteiger partial charge in [-0.05, 0) is 42.2 Å². The first-order valence-electron chi connectivity index (χ1n) is 10.3. The molecule has 0 amide bonds. The van der Waals surface area contributed by atoms with E-state index in [0.717, 1.165) is 6.42 Å². The van der Waals surface area contributed by atoms with Crippen molar-refractivity contribution in [2.75, 3.05) is 22.8 Å². The number of fused-ring (bicyclic) bond motifs is 1. The van der Waals surface area contributed by atoms with Crippen LogP contribution in [0.3, 0.4) is 0 Å². The largest absolute Gasteiger partial charge is 0.493 e. The maximum Gasteiger partial charge on any atom is 0.231 e. The molecule has 1 N–H and O–H groups in total. The quantitative estimate of drug-likeness (QED) is 0.346. The smallest absolute Gasteiger partial charge is 0.231 e. The van der Waals surface area contributed by atoms with Gasteiger partial charge >= 0.3 is 0 Å². The Morgan fingerprint density at radius 3 is 2.78 bits per heavy atom. The lowest BCUT2D eigenvalue weighted by atomic mass is 9.98. The molecule has 0 aliphatic heterocycles. The van der Waals surface area contributed by atoms with Gasteiger partial charge in [0.2, 0.25) is 10.9 Å². The third-order valence-corrected chi connectivity index (χ3v) is 6.90. The van der Waals surface area contributed by atoms with Crippen LogP contribution >= 0.6 is 11.3 Å². The molecule has 4 aromatic rings. The number of ether oxygens (including phenoxy) is 1. The zero-order chi connectivity index (χ0) is 22.5. The van der Waals surface area contributed by atoms with Gasteiger partial charge in [-0.15, -0.1) is 11.3 Å². The number of nitrogens with one attached hydrogen (secondary N) is 1. The summed E-state index contributed by atoms with van der Waals surface area (Å²) in [6.45, 7) is 5.19.